The van der Waals surface area contributed by atoms with Gasteiger partial charge in [0.15, 0.2) is 0 Å². The Bertz CT molecular complexity index is 564. The predicted molar refractivity (Wildman–Crippen MR) is 97.4 cm³/mol. The van der Waals surface area contributed by atoms with Gasteiger partial charge in [-0.15, -0.1) is 11.3 Å². The van der Waals surface area contributed by atoms with Crippen LogP contribution in [0.3, 0.4) is 0 Å². The zero-order valence-corrected chi connectivity index (χ0v) is 15.7. The maximum atomic E-state index is 3.72. The number of hydrogen-bond donors (Lipinski definition) is 1. The fourth-order valence-electron chi connectivity index (χ4n) is 2.62. The molecule has 0 radical (unpaired) electrons. The molecule has 114 valence electrons. The smallest absolute Gasteiger partial charge is 0.0731 e. The van der Waals surface area contributed by atoms with Crippen molar-refractivity contribution in [1.82, 2.24) is 5.32 Å². The highest BCUT2D eigenvalue weighted by Gasteiger charge is 2.17. The van der Waals surface area contributed by atoms with E-state index in [-0.39, 0.29) is 0 Å². The van der Waals surface area contributed by atoms with E-state index in [1.165, 1.54) is 30.9 Å². The molecule has 0 saturated carbocycles. The maximum absolute atomic E-state index is 3.72. The molecule has 1 N–H and O–H groups in total. The molecule has 1 heterocycles. The second-order valence-electron chi connectivity index (χ2n) is 5.69. The lowest BCUT2D eigenvalue weighted by molar-refractivity contribution is 0.534. The Morgan fingerprint density at radius 1 is 1.14 bits per heavy atom. The number of hydrogen-bond acceptors (Lipinski definition) is 2. The van der Waals surface area contributed by atoms with Crippen LogP contribution in [0.5, 0.6) is 0 Å². The molecule has 2 aromatic rings. The minimum atomic E-state index is 0.403. The first-order valence-corrected chi connectivity index (χ1v) is 9.18. The van der Waals surface area contributed by atoms with Gasteiger partial charge in [0.05, 0.1) is 3.79 Å². The summed E-state index contributed by atoms with van der Waals surface area (Å²) < 4.78 is 1.25. The van der Waals surface area contributed by atoms with Crippen molar-refractivity contribution >= 4 is 27.3 Å². The van der Waals surface area contributed by atoms with Gasteiger partial charge in [-0.1, -0.05) is 25.1 Å². The summed E-state index contributed by atoms with van der Waals surface area (Å²) in [5.41, 5.74) is 5.60. The van der Waals surface area contributed by atoms with Crippen LogP contribution >= 0.6 is 27.3 Å². The van der Waals surface area contributed by atoms with E-state index in [1.807, 2.05) is 11.3 Å². The summed E-state index contributed by atoms with van der Waals surface area (Å²) in [5.74, 6) is 0. The molecule has 0 saturated heterocycles. The number of rotatable bonds is 6. The summed E-state index contributed by atoms with van der Waals surface area (Å²) in [5, 5.41) is 3.72. The fourth-order valence-corrected chi connectivity index (χ4v) is 4.27. The lowest BCUT2D eigenvalue weighted by atomic mass is 9.95. The molecule has 0 aliphatic rings. The molecule has 0 amide bonds. The predicted octanol–water partition coefficient (Wildman–Crippen LogP) is 5.72. The molecule has 21 heavy (non-hydrogen) atoms. The number of halogens is 1. The molecule has 0 aliphatic heterocycles. The SMILES string of the molecule is CCCNC(Cc1c(C)cccc1C)c1cc(C)c(Br)s1. The fraction of sp³-hybridized carbons (Fsp3) is 0.444. The lowest BCUT2D eigenvalue weighted by Crippen LogP contribution is -2.24. The first-order valence-electron chi connectivity index (χ1n) is 7.57. The highest BCUT2D eigenvalue weighted by atomic mass is 79.9. The van der Waals surface area contributed by atoms with Crippen LogP contribution in [0.2, 0.25) is 0 Å². The maximum Gasteiger partial charge on any atom is 0.0731 e. The van der Waals surface area contributed by atoms with Crippen LogP contribution in [0.25, 0.3) is 0 Å². The van der Waals surface area contributed by atoms with Crippen LogP contribution < -0.4 is 5.32 Å². The molecule has 2 rings (SSSR count). The second-order valence-corrected chi connectivity index (χ2v) is 8.09. The van der Waals surface area contributed by atoms with Gasteiger partial charge in [0.2, 0.25) is 0 Å². The lowest BCUT2D eigenvalue weighted by Gasteiger charge is -2.20. The molecular weight excluding hydrogens is 342 g/mol. The monoisotopic (exact) mass is 365 g/mol. The Hall–Kier alpha value is -0.640. The van der Waals surface area contributed by atoms with Gasteiger partial charge in [0.1, 0.15) is 0 Å². The van der Waals surface area contributed by atoms with Crippen LogP contribution in [-0.2, 0) is 6.42 Å². The number of benzene rings is 1. The average Bonchev–Trinajstić information content (AvgIpc) is 2.77. The van der Waals surface area contributed by atoms with Crippen molar-refractivity contribution in [2.75, 3.05) is 6.54 Å². The Morgan fingerprint density at radius 3 is 2.33 bits per heavy atom. The van der Waals surface area contributed by atoms with Gasteiger partial charge >= 0.3 is 0 Å². The topological polar surface area (TPSA) is 12.0 Å². The Kier molecular flexibility index (Phi) is 6.03. The molecule has 1 atom stereocenters. The van der Waals surface area contributed by atoms with Crippen LogP contribution in [-0.4, -0.2) is 6.54 Å². The van der Waals surface area contributed by atoms with Crippen LogP contribution in [0.1, 0.15) is 46.5 Å². The van der Waals surface area contributed by atoms with Crippen molar-refractivity contribution < 1.29 is 0 Å². The van der Waals surface area contributed by atoms with Crippen LogP contribution in [0.4, 0.5) is 0 Å². The first-order chi connectivity index (χ1) is 10.0. The van der Waals surface area contributed by atoms with Crippen molar-refractivity contribution in [2.24, 2.45) is 0 Å². The van der Waals surface area contributed by atoms with E-state index in [0.717, 1.165) is 19.4 Å². The van der Waals surface area contributed by atoms with E-state index < -0.39 is 0 Å². The molecule has 0 fully saturated rings. The molecule has 3 heteroatoms. The van der Waals surface area contributed by atoms with Gasteiger partial charge in [0.25, 0.3) is 0 Å². The first kappa shape index (κ1) is 16.7. The van der Waals surface area contributed by atoms with Crippen LogP contribution in [0.15, 0.2) is 28.1 Å². The van der Waals surface area contributed by atoms with E-state index >= 15 is 0 Å². The molecule has 0 bridgehead atoms. The van der Waals surface area contributed by atoms with Crippen molar-refractivity contribution in [3.05, 3.63) is 55.2 Å². The Labute approximate surface area is 140 Å². The van der Waals surface area contributed by atoms with E-state index in [9.17, 15) is 0 Å². The van der Waals surface area contributed by atoms with E-state index in [0.29, 0.717) is 6.04 Å². The molecular formula is C18H24BrNS. The number of thiophene rings is 1. The zero-order chi connectivity index (χ0) is 15.4. The molecule has 1 nitrogen and oxygen atoms in total. The third-order valence-corrected chi connectivity index (χ3v) is 6.16. The van der Waals surface area contributed by atoms with E-state index in [4.69, 9.17) is 0 Å². The Morgan fingerprint density at radius 2 is 1.81 bits per heavy atom. The molecule has 1 unspecified atom stereocenters. The highest BCUT2D eigenvalue weighted by molar-refractivity contribution is 9.11. The largest absolute Gasteiger partial charge is 0.309 e. The standard InChI is InChI=1S/C18H24BrNS/c1-5-9-20-16(17-10-14(4)18(19)21-17)11-15-12(2)7-6-8-13(15)3/h6-8,10,16,20H,5,9,11H2,1-4H3. The second kappa shape index (κ2) is 7.57. The van der Waals surface area contributed by atoms with Crippen LogP contribution in [0, 0.1) is 20.8 Å². The average molecular weight is 366 g/mol. The summed E-state index contributed by atoms with van der Waals surface area (Å²) in [6.07, 6.45) is 2.22. The third-order valence-electron chi connectivity index (χ3n) is 3.91. The molecule has 1 aromatic carbocycles. The third kappa shape index (κ3) is 4.18. The highest BCUT2D eigenvalue weighted by Crippen LogP contribution is 2.33. The van der Waals surface area contributed by atoms with Crippen molar-refractivity contribution in [3.63, 3.8) is 0 Å². The zero-order valence-electron chi connectivity index (χ0n) is 13.3. The molecule has 1 aromatic heterocycles. The number of nitrogens with one attached hydrogen (secondary N) is 1. The number of aryl methyl sites for hydroxylation is 3. The van der Waals surface area contributed by atoms with Gasteiger partial charge in [-0.25, -0.2) is 0 Å². The summed E-state index contributed by atoms with van der Waals surface area (Å²) in [6, 6.07) is 9.30. The molecule has 0 aliphatic carbocycles. The Balaban J connectivity index is 2.28. The normalized spacial score (nSPS) is 12.6. The van der Waals surface area contributed by atoms with Crippen molar-refractivity contribution in [3.8, 4) is 0 Å². The van der Waals surface area contributed by atoms with Gasteiger partial charge in [0, 0.05) is 10.9 Å². The summed E-state index contributed by atoms with van der Waals surface area (Å²) in [7, 11) is 0. The molecule has 0 spiro atoms. The minimum Gasteiger partial charge on any atom is -0.309 e. The van der Waals surface area contributed by atoms with Crippen molar-refractivity contribution in [1.29, 1.82) is 0 Å². The van der Waals surface area contributed by atoms with E-state index in [2.05, 4.69) is 73.2 Å². The van der Waals surface area contributed by atoms with Gasteiger partial charge in [-0.3, -0.25) is 0 Å². The van der Waals surface area contributed by atoms with Gasteiger partial charge in [-0.05, 0) is 84.4 Å². The quantitative estimate of drug-likeness (QED) is 0.690. The van der Waals surface area contributed by atoms with Gasteiger partial charge < -0.3 is 5.32 Å². The van der Waals surface area contributed by atoms with Crippen molar-refractivity contribution in [2.45, 2.75) is 46.6 Å². The summed E-state index contributed by atoms with van der Waals surface area (Å²) >= 11 is 5.52. The summed E-state index contributed by atoms with van der Waals surface area (Å²) in [6.45, 7) is 9.88. The van der Waals surface area contributed by atoms with E-state index in [1.54, 1.807) is 0 Å². The van der Waals surface area contributed by atoms with Gasteiger partial charge in [-0.2, -0.15) is 0 Å². The minimum absolute atomic E-state index is 0.403. The summed E-state index contributed by atoms with van der Waals surface area (Å²) in [4.78, 5) is 1.43.